The highest BCUT2D eigenvalue weighted by molar-refractivity contribution is 7.78. The first-order valence-corrected chi connectivity index (χ1v) is 9.47. The molecular weight excluding hydrogens is 370 g/mol. The molecule has 0 bridgehead atoms. The topological polar surface area (TPSA) is 40.1 Å². The van der Waals surface area contributed by atoms with Crippen LogP contribution in [0.25, 0.3) is 11.1 Å². The fourth-order valence-electron chi connectivity index (χ4n) is 3.09. The van der Waals surface area contributed by atoms with Crippen molar-refractivity contribution in [3.05, 3.63) is 69.0 Å². The first-order chi connectivity index (χ1) is 11.4. The van der Waals surface area contributed by atoms with Gasteiger partial charge in [-0.3, -0.25) is 4.21 Å². The highest BCUT2D eigenvalue weighted by Gasteiger charge is 2.19. The lowest BCUT2D eigenvalue weighted by Gasteiger charge is -2.12. The molecule has 6 heteroatoms. The van der Waals surface area contributed by atoms with Crippen LogP contribution in [0.1, 0.15) is 36.0 Å². The molecule has 0 N–H and O–H groups in total. The Labute approximate surface area is 152 Å². The van der Waals surface area contributed by atoms with E-state index in [2.05, 4.69) is 0 Å². The first kappa shape index (κ1) is 17.6. The van der Waals surface area contributed by atoms with Crippen molar-refractivity contribution >= 4 is 45.4 Å². The summed E-state index contributed by atoms with van der Waals surface area (Å²) >= 11 is 9.87. The molecule has 2 aromatic rings. The van der Waals surface area contributed by atoms with Crippen molar-refractivity contribution in [1.29, 1.82) is 0 Å². The van der Waals surface area contributed by atoms with Crippen LogP contribution in [0.3, 0.4) is 0 Å². The second-order valence-electron chi connectivity index (χ2n) is 5.72. The molecule has 1 unspecified atom stereocenters. The van der Waals surface area contributed by atoms with Crippen LogP contribution in [-0.2, 0) is 16.8 Å². The summed E-state index contributed by atoms with van der Waals surface area (Å²) in [6.07, 6.45) is 2.69. The van der Waals surface area contributed by atoms with E-state index in [1.54, 1.807) is 12.1 Å². The van der Waals surface area contributed by atoms with Crippen LogP contribution in [-0.4, -0.2) is 8.76 Å². The molecule has 3 rings (SSSR count). The van der Waals surface area contributed by atoms with Gasteiger partial charge in [0.25, 0.3) is 0 Å². The van der Waals surface area contributed by atoms with E-state index in [1.807, 2.05) is 12.1 Å². The summed E-state index contributed by atoms with van der Waals surface area (Å²) in [7, 11) is 0. The minimum absolute atomic E-state index is 0.179. The van der Waals surface area contributed by atoms with Crippen LogP contribution in [0, 0.1) is 5.82 Å². The van der Waals surface area contributed by atoms with Crippen molar-refractivity contribution in [3.63, 3.8) is 0 Å². The quantitative estimate of drug-likeness (QED) is 0.643. The van der Waals surface area contributed by atoms with E-state index in [0.717, 1.165) is 41.5 Å². The summed E-state index contributed by atoms with van der Waals surface area (Å²) in [6.45, 7) is 0. The predicted octanol–water partition coefficient (Wildman–Crippen LogP) is 5.61. The third-order valence-corrected chi connectivity index (χ3v) is 5.09. The minimum Gasteiger partial charge on any atom is -0.772 e. The summed E-state index contributed by atoms with van der Waals surface area (Å²) < 4.78 is 35.7. The number of allylic oxidation sites excluding steroid dienone is 2. The van der Waals surface area contributed by atoms with Crippen molar-refractivity contribution in [2.24, 2.45) is 0 Å². The van der Waals surface area contributed by atoms with E-state index in [0.29, 0.717) is 10.0 Å². The smallest absolute Gasteiger partial charge is 0.127 e. The number of benzene rings is 2. The molecule has 1 aliphatic carbocycles. The zero-order valence-corrected chi connectivity index (χ0v) is 15.0. The van der Waals surface area contributed by atoms with Crippen molar-refractivity contribution < 1.29 is 13.2 Å². The maximum atomic E-state index is 14.2. The lowest BCUT2D eigenvalue weighted by Crippen LogP contribution is -1.98. The average Bonchev–Trinajstić information content (AvgIpc) is 2.97. The van der Waals surface area contributed by atoms with Crippen LogP contribution in [0.2, 0.25) is 10.0 Å². The van der Waals surface area contributed by atoms with Gasteiger partial charge < -0.3 is 4.55 Å². The van der Waals surface area contributed by atoms with Crippen LogP contribution >= 0.6 is 23.2 Å². The molecule has 0 fully saturated rings. The fourth-order valence-corrected chi connectivity index (χ4v) is 4.10. The maximum Gasteiger partial charge on any atom is 0.127 e. The van der Waals surface area contributed by atoms with Crippen LogP contribution in [0.15, 0.2) is 36.4 Å². The van der Waals surface area contributed by atoms with Gasteiger partial charge in [-0.2, -0.15) is 0 Å². The summed E-state index contributed by atoms with van der Waals surface area (Å²) in [5.41, 5.74) is 4.07. The third-order valence-electron chi connectivity index (χ3n) is 4.10. The molecule has 1 aliphatic rings. The largest absolute Gasteiger partial charge is 0.772 e. The second kappa shape index (κ2) is 7.36. The minimum atomic E-state index is -2.31. The summed E-state index contributed by atoms with van der Waals surface area (Å²) in [5, 5.41) is 1.13. The number of hydrogen-bond acceptors (Lipinski definition) is 2. The fraction of sp³-hybridized carbons (Fsp3) is 0.222. The molecule has 0 radical (unpaired) electrons. The first-order valence-electron chi connectivity index (χ1n) is 7.47. The molecule has 2 aromatic carbocycles. The SMILES string of the molecule is O=S([O-])Cc1ccc(C2=C(c3cc(Cl)cc(Cl)c3)CCC2)cc1F. The van der Waals surface area contributed by atoms with E-state index in [4.69, 9.17) is 23.2 Å². The van der Waals surface area contributed by atoms with E-state index >= 15 is 0 Å². The molecule has 0 saturated carbocycles. The third kappa shape index (κ3) is 3.89. The molecule has 0 spiro atoms. The molecule has 126 valence electrons. The van der Waals surface area contributed by atoms with Crippen molar-refractivity contribution in [3.8, 4) is 0 Å². The Kier molecular flexibility index (Phi) is 5.40. The molecule has 0 heterocycles. The normalized spacial score (nSPS) is 15.8. The highest BCUT2D eigenvalue weighted by Crippen LogP contribution is 2.41. The lowest BCUT2D eigenvalue weighted by atomic mass is 9.96. The number of halogens is 3. The monoisotopic (exact) mass is 383 g/mol. The number of rotatable bonds is 4. The highest BCUT2D eigenvalue weighted by atomic mass is 35.5. The predicted molar refractivity (Wildman–Crippen MR) is 96.2 cm³/mol. The zero-order chi connectivity index (χ0) is 17.3. The van der Waals surface area contributed by atoms with Crippen LogP contribution < -0.4 is 0 Å². The average molecular weight is 384 g/mol. The molecule has 1 atom stereocenters. The van der Waals surface area contributed by atoms with E-state index in [-0.39, 0.29) is 11.3 Å². The van der Waals surface area contributed by atoms with E-state index in [9.17, 15) is 13.2 Å². The molecule has 0 saturated heterocycles. The van der Waals surface area contributed by atoms with Gasteiger partial charge in [0.1, 0.15) is 5.82 Å². The van der Waals surface area contributed by atoms with Gasteiger partial charge in [-0.15, -0.1) is 0 Å². The van der Waals surface area contributed by atoms with Crippen molar-refractivity contribution in [2.75, 3.05) is 0 Å². The van der Waals surface area contributed by atoms with Gasteiger partial charge in [0.2, 0.25) is 0 Å². The summed E-state index contributed by atoms with van der Waals surface area (Å²) in [5.74, 6) is -0.818. The van der Waals surface area contributed by atoms with Gasteiger partial charge >= 0.3 is 0 Å². The Balaban J connectivity index is 2.03. The van der Waals surface area contributed by atoms with Crippen molar-refractivity contribution in [1.82, 2.24) is 0 Å². The van der Waals surface area contributed by atoms with Crippen molar-refractivity contribution in [2.45, 2.75) is 25.0 Å². The Bertz CT molecular complexity index is 829. The molecule has 0 aromatic heterocycles. The molecule has 24 heavy (non-hydrogen) atoms. The second-order valence-corrected chi connectivity index (χ2v) is 7.49. The van der Waals surface area contributed by atoms with Gasteiger partial charge in [-0.25, -0.2) is 4.39 Å². The molecular formula is C18H14Cl2FO2S-. The van der Waals surface area contributed by atoms with E-state index in [1.165, 1.54) is 12.1 Å². The van der Waals surface area contributed by atoms with Gasteiger partial charge in [-0.1, -0.05) is 46.4 Å². The van der Waals surface area contributed by atoms with Gasteiger partial charge in [0.15, 0.2) is 0 Å². The standard InChI is InChI=1S/C18H15Cl2FO2S/c19-14-6-13(7-15(20)9-14)17-3-1-2-16(17)11-4-5-12(10-24(22)23)18(21)8-11/h4-9H,1-3,10H2,(H,22,23)/p-1. The molecule has 2 nitrogen and oxygen atoms in total. The Morgan fingerprint density at radius 1 is 1.00 bits per heavy atom. The maximum absolute atomic E-state index is 14.2. The van der Waals surface area contributed by atoms with Crippen LogP contribution in [0.4, 0.5) is 4.39 Å². The van der Waals surface area contributed by atoms with Gasteiger partial charge in [0.05, 0.1) is 0 Å². The van der Waals surface area contributed by atoms with Gasteiger partial charge in [0, 0.05) is 15.8 Å². The van der Waals surface area contributed by atoms with Crippen LogP contribution in [0.5, 0.6) is 0 Å². The molecule has 0 aliphatic heterocycles. The Morgan fingerprint density at radius 2 is 1.62 bits per heavy atom. The van der Waals surface area contributed by atoms with E-state index < -0.39 is 16.9 Å². The summed E-state index contributed by atoms with van der Waals surface area (Å²) in [6, 6.07) is 10.1. The lowest BCUT2D eigenvalue weighted by molar-refractivity contribution is 0.533. The molecule has 0 amide bonds. The Morgan fingerprint density at radius 3 is 2.21 bits per heavy atom. The zero-order valence-electron chi connectivity index (χ0n) is 12.7. The Hall–Kier alpha value is -1.20. The number of hydrogen-bond donors (Lipinski definition) is 0. The van der Waals surface area contributed by atoms with Gasteiger partial charge in [-0.05, 0) is 71.4 Å². The summed E-state index contributed by atoms with van der Waals surface area (Å²) in [4.78, 5) is 0.